The Morgan fingerprint density at radius 3 is 2.46 bits per heavy atom. The number of hydrogen-bond acceptors (Lipinski definition) is 5. The van der Waals surface area contributed by atoms with Crippen LogP contribution in [0.5, 0.6) is 0 Å². The highest BCUT2D eigenvalue weighted by atomic mass is 16.6. The van der Waals surface area contributed by atoms with E-state index in [0.29, 0.717) is 6.42 Å². The molecular formula is C22H23NO5. The molecule has 28 heavy (non-hydrogen) atoms. The average molecular weight is 381 g/mol. The van der Waals surface area contributed by atoms with Gasteiger partial charge in [-0.25, -0.2) is 4.79 Å². The van der Waals surface area contributed by atoms with E-state index in [0.717, 1.165) is 16.8 Å². The molecule has 1 aliphatic rings. The Labute approximate surface area is 164 Å². The third-order valence-corrected chi connectivity index (χ3v) is 4.58. The summed E-state index contributed by atoms with van der Waals surface area (Å²) in [5.74, 6) is -0.793. The van der Waals surface area contributed by atoms with Crippen molar-refractivity contribution in [2.45, 2.75) is 38.8 Å². The summed E-state index contributed by atoms with van der Waals surface area (Å²) < 4.78 is 10.3. The van der Waals surface area contributed by atoms with Crippen LogP contribution in [0, 0.1) is 0 Å². The number of ketones is 1. The smallest absolute Gasteiger partial charge is 0.414 e. The van der Waals surface area contributed by atoms with Gasteiger partial charge < -0.3 is 9.47 Å². The van der Waals surface area contributed by atoms with Gasteiger partial charge in [-0.2, -0.15) is 0 Å². The fourth-order valence-corrected chi connectivity index (χ4v) is 3.37. The maximum atomic E-state index is 12.8. The summed E-state index contributed by atoms with van der Waals surface area (Å²) in [6.45, 7) is 2.08. The highest BCUT2D eigenvalue weighted by molar-refractivity contribution is 5.98. The minimum Gasteiger partial charge on any atom is -0.466 e. The van der Waals surface area contributed by atoms with Crippen molar-refractivity contribution in [3.63, 3.8) is 0 Å². The lowest BCUT2D eigenvalue weighted by Gasteiger charge is -2.24. The fraction of sp³-hybridized carbons (Fsp3) is 0.318. The molecule has 1 heterocycles. The lowest BCUT2D eigenvalue weighted by molar-refractivity contribution is -0.145. The van der Waals surface area contributed by atoms with Crippen molar-refractivity contribution in [2.75, 3.05) is 11.5 Å². The second kappa shape index (κ2) is 9.17. The van der Waals surface area contributed by atoms with Gasteiger partial charge in [0.1, 0.15) is 18.8 Å². The summed E-state index contributed by atoms with van der Waals surface area (Å²) in [7, 11) is 0. The maximum Gasteiger partial charge on any atom is 0.414 e. The van der Waals surface area contributed by atoms with Gasteiger partial charge in [0.05, 0.1) is 18.3 Å². The van der Waals surface area contributed by atoms with E-state index in [9.17, 15) is 14.4 Å². The lowest BCUT2D eigenvalue weighted by Crippen LogP contribution is -2.39. The largest absolute Gasteiger partial charge is 0.466 e. The molecular weight excluding hydrogens is 358 g/mol. The van der Waals surface area contributed by atoms with Crippen LogP contribution in [-0.4, -0.2) is 30.5 Å². The molecule has 2 aromatic carbocycles. The number of amides is 1. The van der Waals surface area contributed by atoms with Crippen LogP contribution in [0.1, 0.15) is 30.9 Å². The number of ether oxygens (including phenoxy) is 2. The number of fused-ring (bicyclic) bond motifs is 1. The third-order valence-electron chi connectivity index (χ3n) is 4.58. The quantitative estimate of drug-likeness (QED) is 0.540. The zero-order chi connectivity index (χ0) is 19.9. The predicted molar refractivity (Wildman–Crippen MR) is 104 cm³/mol. The van der Waals surface area contributed by atoms with Crippen LogP contribution >= 0.6 is 0 Å². The molecule has 0 spiro atoms. The van der Waals surface area contributed by atoms with Crippen molar-refractivity contribution >= 4 is 23.5 Å². The first-order chi connectivity index (χ1) is 13.6. The molecule has 0 aromatic heterocycles. The Morgan fingerprint density at radius 1 is 1.00 bits per heavy atom. The molecule has 146 valence electrons. The normalized spacial score (nSPS) is 15.0. The number of para-hydroxylation sites is 1. The van der Waals surface area contributed by atoms with E-state index in [1.165, 1.54) is 4.90 Å². The van der Waals surface area contributed by atoms with Gasteiger partial charge in [0.25, 0.3) is 0 Å². The number of carbonyl (C=O) groups excluding carboxylic acids is 3. The number of nitrogens with zero attached hydrogens (tertiary/aromatic N) is 1. The topological polar surface area (TPSA) is 72.9 Å². The molecule has 0 saturated carbocycles. The molecule has 6 heteroatoms. The molecule has 0 radical (unpaired) electrons. The first kappa shape index (κ1) is 19.6. The van der Waals surface area contributed by atoms with Crippen LogP contribution in [0.25, 0.3) is 0 Å². The molecule has 1 amide bonds. The fourth-order valence-electron chi connectivity index (χ4n) is 3.37. The van der Waals surface area contributed by atoms with Crippen LogP contribution in [0.3, 0.4) is 0 Å². The zero-order valence-electron chi connectivity index (χ0n) is 15.8. The Morgan fingerprint density at radius 2 is 1.71 bits per heavy atom. The number of benzene rings is 2. The second-order valence-corrected chi connectivity index (χ2v) is 6.62. The van der Waals surface area contributed by atoms with Crippen LogP contribution < -0.4 is 4.90 Å². The first-order valence-electron chi connectivity index (χ1n) is 9.33. The molecule has 0 fully saturated rings. The highest BCUT2D eigenvalue weighted by Crippen LogP contribution is 2.34. The summed E-state index contributed by atoms with van der Waals surface area (Å²) in [5, 5.41) is 0. The summed E-state index contributed by atoms with van der Waals surface area (Å²) in [6, 6.07) is 16.6. The van der Waals surface area contributed by atoms with Crippen molar-refractivity contribution in [2.24, 2.45) is 0 Å². The predicted octanol–water partition coefficient (Wildman–Crippen LogP) is 3.67. The molecule has 0 aliphatic carbocycles. The summed E-state index contributed by atoms with van der Waals surface area (Å²) in [6.07, 6.45) is -0.157. The highest BCUT2D eigenvalue weighted by Gasteiger charge is 2.36. The van der Waals surface area contributed by atoms with Crippen LogP contribution in [0.15, 0.2) is 54.6 Å². The van der Waals surface area contributed by atoms with Gasteiger partial charge in [0.15, 0.2) is 0 Å². The molecule has 6 nitrogen and oxygen atoms in total. The van der Waals surface area contributed by atoms with Crippen LogP contribution in [0.2, 0.25) is 0 Å². The van der Waals surface area contributed by atoms with Gasteiger partial charge in [0.2, 0.25) is 0 Å². The molecule has 1 unspecified atom stereocenters. The maximum absolute atomic E-state index is 12.8. The minimum atomic E-state index is -0.541. The molecule has 1 atom stereocenters. The van der Waals surface area contributed by atoms with Gasteiger partial charge >= 0.3 is 12.1 Å². The first-order valence-corrected chi connectivity index (χ1v) is 9.33. The van der Waals surface area contributed by atoms with Gasteiger partial charge in [0, 0.05) is 6.42 Å². The van der Waals surface area contributed by atoms with E-state index in [-0.39, 0.29) is 37.9 Å². The minimum absolute atomic E-state index is 0.0773. The Bertz CT molecular complexity index is 849. The second-order valence-electron chi connectivity index (χ2n) is 6.62. The molecule has 3 rings (SSSR count). The Balaban J connectivity index is 1.69. The zero-order valence-corrected chi connectivity index (χ0v) is 15.8. The average Bonchev–Trinajstić information content (AvgIpc) is 3.04. The van der Waals surface area contributed by atoms with Gasteiger partial charge in [-0.3, -0.25) is 14.5 Å². The van der Waals surface area contributed by atoms with Crippen molar-refractivity contribution in [3.8, 4) is 0 Å². The summed E-state index contributed by atoms with van der Waals surface area (Å²) in [5.41, 5.74) is 2.61. The molecule has 0 N–H and O–H groups in total. The van der Waals surface area contributed by atoms with Crippen molar-refractivity contribution in [1.82, 2.24) is 0 Å². The van der Waals surface area contributed by atoms with Crippen molar-refractivity contribution in [1.29, 1.82) is 0 Å². The lowest BCUT2D eigenvalue weighted by atomic mass is 10.0. The van der Waals surface area contributed by atoms with Crippen molar-refractivity contribution < 1.29 is 23.9 Å². The SMILES string of the molecule is CCOC(=O)CC(=O)CC1Cc2ccccc2N1C(=O)OCc1ccccc1. The molecule has 1 aliphatic heterocycles. The van der Waals surface area contributed by atoms with E-state index < -0.39 is 12.1 Å². The summed E-state index contributed by atoms with van der Waals surface area (Å²) >= 11 is 0. The number of hydrogen-bond donors (Lipinski definition) is 0. The van der Waals surface area contributed by atoms with E-state index >= 15 is 0 Å². The Hall–Kier alpha value is -3.15. The number of Topliss-reactive ketones (excluding diaryl/α,β-unsaturated/α-hetero) is 1. The monoisotopic (exact) mass is 381 g/mol. The van der Waals surface area contributed by atoms with Gasteiger partial charge in [-0.15, -0.1) is 0 Å². The summed E-state index contributed by atoms with van der Waals surface area (Å²) in [4.78, 5) is 38.2. The molecule has 0 saturated heterocycles. The van der Waals surface area contributed by atoms with Crippen LogP contribution in [-0.2, 0) is 32.1 Å². The standard InChI is InChI=1S/C22H23NO5/c1-2-27-21(25)14-19(24)13-18-12-17-10-6-7-11-20(17)23(18)22(26)28-15-16-8-4-3-5-9-16/h3-11,18H,2,12-15H2,1H3. The number of anilines is 1. The van der Waals surface area contributed by atoms with Gasteiger partial charge in [-0.1, -0.05) is 48.5 Å². The van der Waals surface area contributed by atoms with E-state index in [2.05, 4.69) is 0 Å². The number of carbonyl (C=O) groups is 3. The molecule has 2 aromatic rings. The van der Waals surface area contributed by atoms with E-state index in [1.54, 1.807) is 6.92 Å². The van der Waals surface area contributed by atoms with E-state index in [4.69, 9.17) is 9.47 Å². The van der Waals surface area contributed by atoms with Crippen molar-refractivity contribution in [3.05, 3.63) is 65.7 Å². The Kier molecular flexibility index (Phi) is 6.42. The third kappa shape index (κ3) is 4.76. The number of esters is 1. The number of rotatable bonds is 7. The van der Waals surface area contributed by atoms with Gasteiger partial charge in [-0.05, 0) is 30.5 Å². The van der Waals surface area contributed by atoms with Crippen LogP contribution in [0.4, 0.5) is 10.5 Å². The van der Waals surface area contributed by atoms with E-state index in [1.807, 2.05) is 54.6 Å². The molecule has 0 bridgehead atoms.